The number of esters is 1. The van der Waals surface area contributed by atoms with E-state index in [2.05, 4.69) is 32.6 Å². The maximum atomic E-state index is 12.0. The van der Waals surface area contributed by atoms with Crippen molar-refractivity contribution < 1.29 is 14.3 Å². The van der Waals surface area contributed by atoms with Gasteiger partial charge >= 0.3 is 5.97 Å². The van der Waals surface area contributed by atoms with Crippen LogP contribution in [0.3, 0.4) is 0 Å². The Morgan fingerprint density at radius 3 is 2.63 bits per heavy atom. The molecule has 1 atom stereocenters. The second-order valence-electron chi connectivity index (χ2n) is 3.75. The van der Waals surface area contributed by atoms with Gasteiger partial charge in [-0.25, -0.2) is 4.79 Å². The molecule has 0 bridgehead atoms. The first-order valence-corrected chi connectivity index (χ1v) is 6.59. The van der Waals surface area contributed by atoms with E-state index in [9.17, 15) is 9.59 Å². The van der Waals surface area contributed by atoms with Crippen LogP contribution in [-0.4, -0.2) is 25.0 Å². The predicted octanol–water partition coefficient (Wildman–Crippen LogP) is 2.91. The molecule has 1 amide bonds. The Morgan fingerprint density at radius 2 is 2.11 bits per heavy atom. The summed E-state index contributed by atoms with van der Waals surface area (Å²) in [5, 5.41) is 2.89. The smallest absolute Gasteiger partial charge is 0.328 e. The number of methoxy groups -OCH3 is 1. The zero-order chi connectivity index (χ0) is 14.4. The van der Waals surface area contributed by atoms with Gasteiger partial charge in [0.2, 0.25) is 0 Å². The van der Waals surface area contributed by atoms with Crippen molar-refractivity contribution in [2.24, 2.45) is 0 Å². The van der Waals surface area contributed by atoms with Crippen molar-refractivity contribution in [3.05, 3.63) is 45.9 Å². The molecule has 0 heterocycles. The van der Waals surface area contributed by atoms with Crippen LogP contribution in [0, 0.1) is 0 Å². The highest BCUT2D eigenvalue weighted by atomic mass is 79.9. The summed E-state index contributed by atoms with van der Waals surface area (Å²) >= 11 is 9.07. The summed E-state index contributed by atoms with van der Waals surface area (Å²) < 4.78 is 5.22. The van der Waals surface area contributed by atoms with Gasteiger partial charge in [-0.05, 0) is 16.6 Å². The zero-order valence-corrected chi connectivity index (χ0v) is 12.6. The van der Waals surface area contributed by atoms with Crippen LogP contribution in [0.1, 0.15) is 16.8 Å². The fourth-order valence-corrected chi connectivity index (χ4v) is 1.98. The third kappa shape index (κ3) is 4.69. The van der Waals surface area contributed by atoms with E-state index in [-0.39, 0.29) is 6.42 Å². The Labute approximate surface area is 124 Å². The van der Waals surface area contributed by atoms with Crippen LogP contribution >= 0.6 is 27.5 Å². The fourth-order valence-electron chi connectivity index (χ4n) is 1.44. The van der Waals surface area contributed by atoms with Crippen molar-refractivity contribution in [3.63, 3.8) is 0 Å². The molecule has 0 aliphatic carbocycles. The maximum absolute atomic E-state index is 12.0. The second kappa shape index (κ2) is 7.31. The molecule has 0 aromatic heterocycles. The minimum Gasteiger partial charge on any atom is -0.467 e. The lowest BCUT2D eigenvalue weighted by atomic mass is 10.1. The van der Waals surface area contributed by atoms with E-state index in [4.69, 9.17) is 11.6 Å². The normalized spacial score (nSPS) is 11.5. The molecule has 0 unspecified atom stereocenters. The quantitative estimate of drug-likeness (QED) is 0.834. The Morgan fingerprint density at radius 1 is 1.47 bits per heavy atom. The van der Waals surface area contributed by atoms with Crippen LogP contribution in [0.2, 0.25) is 5.02 Å². The zero-order valence-electron chi connectivity index (χ0n) is 10.3. The first kappa shape index (κ1) is 15.7. The van der Waals surface area contributed by atoms with Gasteiger partial charge in [0, 0.05) is 6.42 Å². The topological polar surface area (TPSA) is 55.4 Å². The molecule has 1 aromatic rings. The van der Waals surface area contributed by atoms with Gasteiger partial charge in [0.25, 0.3) is 5.91 Å². The van der Waals surface area contributed by atoms with Crippen LogP contribution in [0.4, 0.5) is 0 Å². The summed E-state index contributed by atoms with van der Waals surface area (Å²) in [4.78, 5) is 23.6. The lowest BCUT2D eigenvalue weighted by Crippen LogP contribution is -2.41. The Bertz CT molecular complexity index is 504. The average Bonchev–Trinajstić information content (AvgIpc) is 2.36. The molecule has 0 aliphatic heterocycles. The number of carbonyl (C=O) groups is 2. The summed E-state index contributed by atoms with van der Waals surface area (Å²) in [5.41, 5.74) is 0.304. The van der Waals surface area contributed by atoms with E-state index >= 15 is 0 Å². The van der Waals surface area contributed by atoms with Crippen molar-refractivity contribution in [2.45, 2.75) is 12.5 Å². The Hall–Kier alpha value is -1.33. The lowest BCUT2D eigenvalue weighted by Gasteiger charge is -2.16. The van der Waals surface area contributed by atoms with Crippen molar-refractivity contribution in [1.29, 1.82) is 0 Å². The van der Waals surface area contributed by atoms with E-state index in [0.717, 1.165) is 0 Å². The summed E-state index contributed by atoms with van der Waals surface area (Å²) in [6.45, 7) is 3.64. The number of carbonyl (C=O) groups excluding carboxylic acids is 2. The van der Waals surface area contributed by atoms with Gasteiger partial charge in [-0.1, -0.05) is 46.2 Å². The van der Waals surface area contributed by atoms with Gasteiger partial charge in [-0.15, -0.1) is 0 Å². The number of benzene rings is 1. The molecule has 1 rings (SSSR count). The van der Waals surface area contributed by atoms with Crippen LogP contribution in [-0.2, 0) is 9.53 Å². The maximum Gasteiger partial charge on any atom is 0.328 e. The van der Waals surface area contributed by atoms with E-state index in [1.807, 2.05) is 0 Å². The van der Waals surface area contributed by atoms with Crippen LogP contribution < -0.4 is 5.32 Å². The van der Waals surface area contributed by atoms with Crippen molar-refractivity contribution in [3.8, 4) is 0 Å². The number of amides is 1. The van der Waals surface area contributed by atoms with Crippen molar-refractivity contribution >= 4 is 39.4 Å². The summed E-state index contributed by atoms with van der Waals surface area (Å²) in [6, 6.07) is 5.79. The molecule has 0 saturated carbocycles. The SMILES string of the molecule is C=C(Br)C[C@H](NC(=O)c1ccccc1Cl)C(=O)OC. The van der Waals surface area contributed by atoms with Crippen LogP contribution in [0.25, 0.3) is 0 Å². The first-order chi connectivity index (χ1) is 8.95. The number of hydrogen-bond acceptors (Lipinski definition) is 3. The fraction of sp³-hybridized carbons (Fsp3) is 0.231. The third-order valence-electron chi connectivity index (χ3n) is 2.34. The standard InChI is InChI=1S/C13H13BrClNO3/c1-8(14)7-11(13(18)19-2)16-12(17)9-5-3-4-6-10(9)15/h3-6,11H,1,7H2,2H3,(H,16,17)/t11-/m0/s1. The van der Waals surface area contributed by atoms with Gasteiger partial charge < -0.3 is 10.1 Å². The molecule has 6 heteroatoms. The monoisotopic (exact) mass is 345 g/mol. The minimum absolute atomic E-state index is 0.239. The number of hydrogen-bond donors (Lipinski definition) is 1. The number of ether oxygens (including phenoxy) is 1. The summed E-state index contributed by atoms with van der Waals surface area (Å²) in [6.07, 6.45) is 0.239. The van der Waals surface area contributed by atoms with E-state index in [1.165, 1.54) is 7.11 Å². The van der Waals surface area contributed by atoms with E-state index < -0.39 is 17.9 Å². The summed E-state index contributed by atoms with van der Waals surface area (Å²) in [5.74, 6) is -0.976. The minimum atomic E-state index is -0.805. The molecule has 102 valence electrons. The molecule has 0 radical (unpaired) electrons. The molecule has 4 nitrogen and oxygen atoms in total. The molecular formula is C13H13BrClNO3. The Balaban J connectivity index is 2.85. The van der Waals surface area contributed by atoms with Gasteiger partial charge in [0.15, 0.2) is 0 Å². The number of rotatable bonds is 5. The molecule has 19 heavy (non-hydrogen) atoms. The van der Waals surface area contributed by atoms with Gasteiger partial charge in [0.05, 0.1) is 17.7 Å². The van der Waals surface area contributed by atoms with Gasteiger partial charge in [0.1, 0.15) is 6.04 Å². The predicted molar refractivity (Wildman–Crippen MR) is 77.4 cm³/mol. The average molecular weight is 347 g/mol. The molecular weight excluding hydrogens is 334 g/mol. The molecule has 0 aliphatic rings. The molecule has 0 saturated heterocycles. The largest absolute Gasteiger partial charge is 0.467 e. The highest BCUT2D eigenvalue weighted by molar-refractivity contribution is 9.11. The highest BCUT2D eigenvalue weighted by Crippen LogP contribution is 2.16. The number of halogens is 2. The lowest BCUT2D eigenvalue weighted by molar-refractivity contribution is -0.142. The first-order valence-electron chi connectivity index (χ1n) is 5.42. The number of nitrogens with one attached hydrogen (secondary N) is 1. The van der Waals surface area contributed by atoms with Gasteiger partial charge in [-0.3, -0.25) is 4.79 Å². The molecule has 1 N–H and O–H groups in total. The molecule has 0 spiro atoms. The van der Waals surface area contributed by atoms with E-state index in [0.29, 0.717) is 15.1 Å². The molecule has 1 aromatic carbocycles. The van der Waals surface area contributed by atoms with Gasteiger partial charge in [-0.2, -0.15) is 0 Å². The van der Waals surface area contributed by atoms with Crippen molar-refractivity contribution in [1.82, 2.24) is 5.32 Å². The Kier molecular flexibility index (Phi) is 6.05. The summed E-state index contributed by atoms with van der Waals surface area (Å²) in [7, 11) is 1.26. The molecule has 0 fully saturated rings. The van der Waals surface area contributed by atoms with Crippen molar-refractivity contribution in [2.75, 3.05) is 7.11 Å². The van der Waals surface area contributed by atoms with Crippen LogP contribution in [0.5, 0.6) is 0 Å². The van der Waals surface area contributed by atoms with Crippen LogP contribution in [0.15, 0.2) is 35.3 Å². The highest BCUT2D eigenvalue weighted by Gasteiger charge is 2.23. The van der Waals surface area contributed by atoms with E-state index in [1.54, 1.807) is 24.3 Å². The third-order valence-corrected chi connectivity index (χ3v) is 2.99. The second-order valence-corrected chi connectivity index (χ2v) is 5.28.